The van der Waals surface area contributed by atoms with E-state index in [0.717, 1.165) is 0 Å². The second-order valence-electron chi connectivity index (χ2n) is 6.49. The first-order valence-electron chi connectivity index (χ1n) is 9.12. The van der Waals surface area contributed by atoms with Crippen molar-refractivity contribution in [3.63, 3.8) is 0 Å². The monoisotopic (exact) mass is 455 g/mol. The Morgan fingerprint density at radius 3 is 1.81 bits per heavy atom. The lowest BCUT2D eigenvalue weighted by Gasteiger charge is -2.12. The van der Waals surface area contributed by atoms with Gasteiger partial charge in [-0.25, -0.2) is 0 Å². The summed E-state index contributed by atoms with van der Waals surface area (Å²) in [5, 5.41) is 2.49. The van der Waals surface area contributed by atoms with E-state index in [4.69, 9.17) is 4.55 Å². The SMILES string of the molecule is C.C.C.C.CCC(C)C(=O)Nc1ccccc1S(=O)(=O)O.CCC(C)c1ccccc1. The molecule has 2 N–H and O–H groups in total. The second kappa shape index (κ2) is 17.5. The predicted molar refractivity (Wildman–Crippen MR) is 136 cm³/mol. The minimum absolute atomic E-state index is 0. The van der Waals surface area contributed by atoms with Gasteiger partial charge in [-0.05, 0) is 36.5 Å². The van der Waals surface area contributed by atoms with E-state index in [2.05, 4.69) is 49.5 Å². The number of anilines is 1. The Hall–Kier alpha value is -2.18. The number of hydrogen-bond donors (Lipinski definition) is 2. The van der Waals surface area contributed by atoms with Crippen LogP contribution in [-0.2, 0) is 14.9 Å². The van der Waals surface area contributed by atoms with Crippen molar-refractivity contribution in [2.75, 3.05) is 5.32 Å². The minimum atomic E-state index is -4.33. The van der Waals surface area contributed by atoms with Gasteiger partial charge >= 0.3 is 0 Å². The Kier molecular flexibility index (Phi) is 20.4. The van der Waals surface area contributed by atoms with Crippen LogP contribution in [-0.4, -0.2) is 18.9 Å². The summed E-state index contributed by atoms with van der Waals surface area (Å²) in [6.07, 6.45) is 1.88. The van der Waals surface area contributed by atoms with Crippen LogP contribution in [0.1, 0.15) is 81.7 Å². The van der Waals surface area contributed by atoms with E-state index in [1.165, 1.54) is 30.2 Å². The molecule has 0 aromatic heterocycles. The van der Waals surface area contributed by atoms with Gasteiger partial charge in [0, 0.05) is 5.92 Å². The zero-order chi connectivity index (χ0) is 20.4. The summed E-state index contributed by atoms with van der Waals surface area (Å²) in [5.74, 6) is 0.217. The average molecular weight is 456 g/mol. The highest BCUT2D eigenvalue weighted by Gasteiger charge is 2.18. The molecule has 0 spiro atoms. The van der Waals surface area contributed by atoms with Crippen LogP contribution < -0.4 is 5.32 Å². The molecule has 2 aromatic carbocycles. The Morgan fingerprint density at radius 1 is 0.871 bits per heavy atom. The molecular weight excluding hydrogens is 410 g/mol. The van der Waals surface area contributed by atoms with Crippen molar-refractivity contribution in [3.05, 3.63) is 60.2 Å². The zero-order valence-corrected chi connectivity index (χ0v) is 17.2. The van der Waals surface area contributed by atoms with Crippen LogP contribution in [0.15, 0.2) is 59.5 Å². The van der Waals surface area contributed by atoms with Crippen molar-refractivity contribution < 1.29 is 17.8 Å². The van der Waals surface area contributed by atoms with Gasteiger partial charge < -0.3 is 5.32 Å². The van der Waals surface area contributed by atoms with Gasteiger partial charge in [-0.2, -0.15) is 8.42 Å². The molecule has 0 aliphatic carbocycles. The highest BCUT2D eigenvalue weighted by Crippen LogP contribution is 2.21. The number of rotatable bonds is 6. The van der Waals surface area contributed by atoms with Crippen LogP contribution in [0, 0.1) is 5.92 Å². The van der Waals surface area contributed by atoms with Gasteiger partial charge in [-0.1, -0.05) is 99.9 Å². The maximum Gasteiger partial charge on any atom is 0.296 e. The van der Waals surface area contributed by atoms with Crippen LogP contribution in [0.4, 0.5) is 5.69 Å². The molecule has 2 atom stereocenters. The van der Waals surface area contributed by atoms with Gasteiger partial charge in [-0.3, -0.25) is 9.35 Å². The van der Waals surface area contributed by atoms with Gasteiger partial charge in [0.25, 0.3) is 10.1 Å². The highest BCUT2D eigenvalue weighted by atomic mass is 32.2. The number of carbonyl (C=O) groups is 1. The van der Waals surface area contributed by atoms with Crippen molar-refractivity contribution in [1.29, 1.82) is 0 Å². The minimum Gasteiger partial charge on any atom is -0.325 e. The van der Waals surface area contributed by atoms with Crippen LogP contribution in [0.25, 0.3) is 0 Å². The number of nitrogens with one attached hydrogen (secondary N) is 1. The van der Waals surface area contributed by atoms with Gasteiger partial charge in [0.1, 0.15) is 4.90 Å². The number of carbonyl (C=O) groups excluding carboxylic acids is 1. The lowest BCUT2D eigenvalue weighted by molar-refractivity contribution is -0.119. The molecule has 2 aromatic rings. The third-order valence-corrected chi connectivity index (χ3v) is 5.38. The topological polar surface area (TPSA) is 83.5 Å². The van der Waals surface area contributed by atoms with E-state index in [0.29, 0.717) is 12.3 Å². The van der Waals surface area contributed by atoms with E-state index in [-0.39, 0.29) is 52.1 Å². The van der Waals surface area contributed by atoms with Crippen molar-refractivity contribution in [1.82, 2.24) is 0 Å². The molecular formula is C25H45NO4S. The summed E-state index contributed by atoms with van der Waals surface area (Å²) in [6.45, 7) is 8.08. The molecule has 5 nitrogen and oxygen atoms in total. The molecule has 2 rings (SSSR count). The van der Waals surface area contributed by atoms with Gasteiger partial charge in [0.15, 0.2) is 0 Å². The molecule has 0 aliphatic heterocycles. The van der Waals surface area contributed by atoms with E-state index < -0.39 is 10.1 Å². The van der Waals surface area contributed by atoms with Gasteiger partial charge in [0.2, 0.25) is 5.91 Å². The fourth-order valence-electron chi connectivity index (χ4n) is 2.25. The Balaban J connectivity index is -0.000000228. The molecule has 6 heteroatoms. The van der Waals surface area contributed by atoms with Gasteiger partial charge in [0.05, 0.1) is 5.69 Å². The van der Waals surface area contributed by atoms with Gasteiger partial charge in [-0.15, -0.1) is 0 Å². The molecule has 1 amide bonds. The fourth-order valence-corrected chi connectivity index (χ4v) is 2.90. The molecule has 180 valence electrons. The smallest absolute Gasteiger partial charge is 0.296 e. The molecule has 0 aliphatic rings. The first-order chi connectivity index (χ1) is 12.7. The number of benzene rings is 2. The first kappa shape index (κ1) is 36.2. The van der Waals surface area contributed by atoms with E-state index in [9.17, 15) is 13.2 Å². The summed E-state index contributed by atoms with van der Waals surface area (Å²) in [6, 6.07) is 16.4. The van der Waals surface area contributed by atoms with Crippen molar-refractivity contribution >= 4 is 21.7 Å². The average Bonchev–Trinajstić information content (AvgIpc) is 2.67. The maximum absolute atomic E-state index is 11.6. The quantitative estimate of drug-likeness (QED) is 0.438. The third kappa shape index (κ3) is 12.3. The van der Waals surface area contributed by atoms with Crippen molar-refractivity contribution in [3.8, 4) is 0 Å². The zero-order valence-electron chi connectivity index (χ0n) is 16.3. The first-order valence-corrected chi connectivity index (χ1v) is 10.6. The van der Waals surface area contributed by atoms with Crippen molar-refractivity contribution in [2.24, 2.45) is 5.92 Å². The van der Waals surface area contributed by atoms with Crippen molar-refractivity contribution in [2.45, 2.75) is 81.1 Å². The van der Waals surface area contributed by atoms with Crippen LogP contribution in [0.5, 0.6) is 0 Å². The fraction of sp³-hybridized carbons (Fsp3) is 0.480. The molecule has 0 heterocycles. The predicted octanol–water partition coefficient (Wildman–Crippen LogP) is 7.66. The van der Waals surface area contributed by atoms with E-state index in [1.807, 2.05) is 6.92 Å². The molecule has 0 saturated heterocycles. The summed E-state index contributed by atoms with van der Waals surface area (Å²) in [7, 11) is -4.33. The van der Waals surface area contributed by atoms with Crippen LogP contribution in [0.3, 0.4) is 0 Å². The lowest BCUT2D eigenvalue weighted by atomic mass is 9.99. The molecule has 2 unspecified atom stereocenters. The lowest BCUT2D eigenvalue weighted by Crippen LogP contribution is -2.21. The largest absolute Gasteiger partial charge is 0.325 e. The van der Waals surface area contributed by atoms with E-state index in [1.54, 1.807) is 13.0 Å². The molecule has 31 heavy (non-hydrogen) atoms. The van der Waals surface area contributed by atoms with Crippen LogP contribution in [0.2, 0.25) is 0 Å². The maximum atomic E-state index is 11.6. The molecule has 0 fully saturated rings. The Labute approximate surface area is 192 Å². The third-order valence-electron chi connectivity index (χ3n) is 4.46. The van der Waals surface area contributed by atoms with E-state index >= 15 is 0 Å². The second-order valence-corrected chi connectivity index (χ2v) is 7.88. The molecule has 0 radical (unpaired) electrons. The Morgan fingerprint density at radius 2 is 1.35 bits per heavy atom. The summed E-state index contributed by atoms with van der Waals surface area (Å²) >= 11 is 0. The normalized spacial score (nSPS) is 11.4. The number of para-hydroxylation sites is 1. The standard InChI is InChI=1S/C11H15NO4S.C10H14.4CH4/c1-3-8(2)11(13)12-9-6-4-5-7-10(9)17(14,15)16;1-3-9(2)10-7-5-4-6-8-10;;;;/h4-8H,3H2,1-2H3,(H,12,13)(H,14,15,16);4-9H,3H2,1-2H3;4*1H4. The summed E-state index contributed by atoms with van der Waals surface area (Å²) in [4.78, 5) is 11.3. The highest BCUT2D eigenvalue weighted by molar-refractivity contribution is 7.86. The molecule has 0 bridgehead atoms. The number of amides is 1. The number of hydrogen-bond acceptors (Lipinski definition) is 3. The molecule has 0 saturated carbocycles. The summed E-state index contributed by atoms with van der Waals surface area (Å²) in [5.41, 5.74) is 1.55. The van der Waals surface area contributed by atoms with Crippen LogP contribution >= 0.6 is 0 Å². The summed E-state index contributed by atoms with van der Waals surface area (Å²) < 4.78 is 31.2. The Bertz CT molecular complexity index is 820.